The Kier molecular flexibility index (Phi) is 7.24. The second kappa shape index (κ2) is 9.69. The predicted molar refractivity (Wildman–Crippen MR) is 114 cm³/mol. The van der Waals surface area contributed by atoms with E-state index in [1.165, 1.54) is 22.5 Å². The monoisotopic (exact) mass is 496 g/mol. The normalized spacial score (nSPS) is 14.9. The van der Waals surface area contributed by atoms with Crippen molar-refractivity contribution in [1.29, 1.82) is 0 Å². The highest BCUT2D eigenvalue weighted by Crippen LogP contribution is 2.25. The molecule has 10 heteroatoms. The number of morpholine rings is 1. The average molecular weight is 497 g/mol. The first-order chi connectivity index (χ1) is 14.3. The van der Waals surface area contributed by atoms with Crippen LogP contribution in [0.4, 0.5) is 5.69 Å². The summed E-state index contributed by atoms with van der Waals surface area (Å²) < 4.78 is 37.7. The molecule has 1 saturated heterocycles. The Labute approximate surface area is 183 Å². The van der Waals surface area contributed by atoms with Crippen LogP contribution in [0.15, 0.2) is 51.8 Å². The summed E-state index contributed by atoms with van der Waals surface area (Å²) in [5.74, 6) is -0.927. The number of rotatable bonds is 6. The van der Waals surface area contributed by atoms with E-state index in [2.05, 4.69) is 21.2 Å². The Morgan fingerprint density at radius 3 is 2.43 bits per heavy atom. The third-order valence-corrected chi connectivity index (χ3v) is 7.03. The molecule has 1 amide bonds. The maximum absolute atomic E-state index is 12.9. The fraction of sp³-hybridized carbons (Fsp3) is 0.300. The standard InChI is InChI=1S/C20H21BrN2O6S/c1-2-29-20(25)14-3-5-15(6-4-14)22-19(24)17-13-16(7-8-18(17)21)30(26,27)23-9-11-28-12-10-23/h3-8,13H,2,9-12H2,1H3,(H,22,24). The molecule has 0 saturated carbocycles. The lowest BCUT2D eigenvalue weighted by molar-refractivity contribution is 0.0526. The zero-order valence-corrected chi connectivity index (χ0v) is 18.7. The molecule has 1 N–H and O–H groups in total. The molecule has 0 spiro atoms. The molecule has 0 bridgehead atoms. The second-order valence-electron chi connectivity index (χ2n) is 6.41. The molecule has 8 nitrogen and oxygen atoms in total. The summed E-state index contributed by atoms with van der Waals surface area (Å²) in [6.45, 7) is 3.21. The molecular formula is C20H21BrN2O6S. The van der Waals surface area contributed by atoms with Crippen LogP contribution < -0.4 is 5.32 Å². The number of nitrogens with zero attached hydrogens (tertiary/aromatic N) is 1. The number of carbonyl (C=O) groups excluding carboxylic acids is 2. The van der Waals surface area contributed by atoms with Crippen molar-refractivity contribution < 1.29 is 27.5 Å². The SMILES string of the molecule is CCOC(=O)c1ccc(NC(=O)c2cc(S(=O)(=O)N3CCOCC3)ccc2Br)cc1. The van der Waals surface area contributed by atoms with Gasteiger partial charge in [-0.05, 0) is 65.3 Å². The maximum Gasteiger partial charge on any atom is 0.338 e. The van der Waals surface area contributed by atoms with Gasteiger partial charge < -0.3 is 14.8 Å². The number of anilines is 1. The van der Waals surface area contributed by atoms with Gasteiger partial charge in [0.05, 0.1) is 35.8 Å². The minimum Gasteiger partial charge on any atom is -0.462 e. The number of sulfonamides is 1. The summed E-state index contributed by atoms with van der Waals surface area (Å²) in [5, 5.41) is 2.71. The van der Waals surface area contributed by atoms with Crippen LogP contribution in [0.3, 0.4) is 0 Å². The molecule has 1 fully saturated rings. The smallest absolute Gasteiger partial charge is 0.338 e. The Balaban J connectivity index is 1.79. The molecule has 0 atom stereocenters. The lowest BCUT2D eigenvalue weighted by atomic mass is 10.2. The lowest BCUT2D eigenvalue weighted by Gasteiger charge is -2.26. The van der Waals surface area contributed by atoms with Gasteiger partial charge in [-0.2, -0.15) is 4.31 Å². The Morgan fingerprint density at radius 2 is 1.80 bits per heavy atom. The van der Waals surface area contributed by atoms with E-state index < -0.39 is 21.9 Å². The molecule has 2 aromatic carbocycles. The van der Waals surface area contributed by atoms with E-state index in [0.29, 0.717) is 28.9 Å². The minimum absolute atomic E-state index is 0.0374. The van der Waals surface area contributed by atoms with Crippen LogP contribution in [0, 0.1) is 0 Å². The summed E-state index contributed by atoms with van der Waals surface area (Å²) >= 11 is 3.30. The van der Waals surface area contributed by atoms with E-state index in [-0.39, 0.29) is 30.2 Å². The highest BCUT2D eigenvalue weighted by atomic mass is 79.9. The van der Waals surface area contributed by atoms with Crippen molar-refractivity contribution in [2.24, 2.45) is 0 Å². The number of nitrogens with one attached hydrogen (secondary N) is 1. The van der Waals surface area contributed by atoms with Gasteiger partial charge in [0.25, 0.3) is 5.91 Å². The lowest BCUT2D eigenvalue weighted by Crippen LogP contribution is -2.40. The molecule has 160 valence electrons. The topological polar surface area (TPSA) is 102 Å². The number of carbonyl (C=O) groups is 2. The fourth-order valence-corrected chi connectivity index (χ4v) is 4.74. The van der Waals surface area contributed by atoms with Crippen molar-refractivity contribution in [3.05, 3.63) is 58.1 Å². The zero-order valence-electron chi connectivity index (χ0n) is 16.3. The molecule has 1 aliphatic heterocycles. The molecule has 0 aromatic heterocycles. The number of hydrogen-bond acceptors (Lipinski definition) is 6. The van der Waals surface area contributed by atoms with Gasteiger partial charge in [0.15, 0.2) is 0 Å². The number of benzene rings is 2. The summed E-state index contributed by atoms with van der Waals surface area (Å²) in [4.78, 5) is 24.5. The van der Waals surface area contributed by atoms with Crippen LogP contribution in [0.25, 0.3) is 0 Å². The Hall–Kier alpha value is -2.27. The summed E-state index contributed by atoms with van der Waals surface area (Å²) in [5.41, 5.74) is 1.01. The number of esters is 1. The molecule has 30 heavy (non-hydrogen) atoms. The Morgan fingerprint density at radius 1 is 1.13 bits per heavy atom. The van der Waals surface area contributed by atoms with E-state index >= 15 is 0 Å². The van der Waals surface area contributed by atoms with Crippen molar-refractivity contribution >= 4 is 43.5 Å². The van der Waals surface area contributed by atoms with Gasteiger partial charge in [-0.3, -0.25) is 4.79 Å². The maximum atomic E-state index is 12.9. The summed E-state index contributed by atoms with van der Waals surface area (Å²) in [6, 6.07) is 10.6. The molecular weight excluding hydrogens is 476 g/mol. The number of hydrogen-bond donors (Lipinski definition) is 1. The molecule has 2 aromatic rings. The highest BCUT2D eigenvalue weighted by Gasteiger charge is 2.27. The van der Waals surface area contributed by atoms with Crippen molar-refractivity contribution in [1.82, 2.24) is 4.31 Å². The first-order valence-corrected chi connectivity index (χ1v) is 11.5. The van der Waals surface area contributed by atoms with Crippen molar-refractivity contribution in [2.75, 3.05) is 38.2 Å². The quantitative estimate of drug-likeness (QED) is 0.616. The molecule has 0 unspecified atom stereocenters. The first kappa shape index (κ1) is 22.4. The molecule has 1 heterocycles. The van der Waals surface area contributed by atoms with Crippen molar-refractivity contribution in [3.63, 3.8) is 0 Å². The van der Waals surface area contributed by atoms with Gasteiger partial charge in [-0.1, -0.05) is 0 Å². The summed E-state index contributed by atoms with van der Waals surface area (Å²) in [7, 11) is -3.73. The fourth-order valence-electron chi connectivity index (χ4n) is 2.88. The highest BCUT2D eigenvalue weighted by molar-refractivity contribution is 9.10. The van der Waals surface area contributed by atoms with Crippen LogP contribution >= 0.6 is 15.9 Å². The minimum atomic E-state index is -3.73. The van der Waals surface area contributed by atoms with Gasteiger partial charge >= 0.3 is 5.97 Å². The van der Waals surface area contributed by atoms with Crippen LogP contribution in [0.2, 0.25) is 0 Å². The number of amides is 1. The van der Waals surface area contributed by atoms with Gasteiger partial charge in [-0.15, -0.1) is 0 Å². The van der Waals surface area contributed by atoms with E-state index in [1.807, 2.05) is 0 Å². The van der Waals surface area contributed by atoms with E-state index in [0.717, 1.165) is 0 Å². The van der Waals surface area contributed by atoms with Crippen LogP contribution in [0.1, 0.15) is 27.6 Å². The first-order valence-electron chi connectivity index (χ1n) is 9.29. The molecule has 0 radical (unpaired) electrons. The largest absolute Gasteiger partial charge is 0.462 e. The van der Waals surface area contributed by atoms with Gasteiger partial charge in [0.1, 0.15) is 0 Å². The predicted octanol–water partition coefficient (Wildman–Crippen LogP) is 2.90. The van der Waals surface area contributed by atoms with Gasteiger partial charge in [0, 0.05) is 23.2 Å². The second-order valence-corrected chi connectivity index (χ2v) is 9.20. The molecule has 1 aliphatic rings. The van der Waals surface area contributed by atoms with E-state index in [9.17, 15) is 18.0 Å². The van der Waals surface area contributed by atoms with Crippen LogP contribution in [-0.2, 0) is 19.5 Å². The van der Waals surface area contributed by atoms with Gasteiger partial charge in [-0.25, -0.2) is 13.2 Å². The van der Waals surface area contributed by atoms with Gasteiger partial charge in [0.2, 0.25) is 10.0 Å². The zero-order chi connectivity index (χ0) is 21.7. The van der Waals surface area contributed by atoms with Crippen molar-refractivity contribution in [2.45, 2.75) is 11.8 Å². The van der Waals surface area contributed by atoms with Crippen LogP contribution in [-0.4, -0.2) is 57.5 Å². The van der Waals surface area contributed by atoms with E-state index in [4.69, 9.17) is 9.47 Å². The van der Waals surface area contributed by atoms with E-state index in [1.54, 1.807) is 31.2 Å². The average Bonchev–Trinajstić information content (AvgIpc) is 2.75. The third kappa shape index (κ3) is 5.07. The Bertz CT molecular complexity index is 1030. The van der Waals surface area contributed by atoms with Crippen LogP contribution in [0.5, 0.6) is 0 Å². The number of halogens is 1. The third-order valence-electron chi connectivity index (χ3n) is 4.44. The summed E-state index contributed by atoms with van der Waals surface area (Å²) in [6.07, 6.45) is 0. The molecule has 0 aliphatic carbocycles. The molecule has 3 rings (SSSR count). The van der Waals surface area contributed by atoms with Crippen molar-refractivity contribution in [3.8, 4) is 0 Å². The number of ether oxygens (including phenoxy) is 2.